The van der Waals surface area contributed by atoms with E-state index in [4.69, 9.17) is 16.7 Å². The van der Waals surface area contributed by atoms with Crippen molar-refractivity contribution >= 4 is 27.6 Å². The summed E-state index contributed by atoms with van der Waals surface area (Å²) >= 11 is 6.15. The first kappa shape index (κ1) is 19.2. The van der Waals surface area contributed by atoms with Crippen molar-refractivity contribution in [1.29, 1.82) is 0 Å². The van der Waals surface area contributed by atoms with Crippen molar-refractivity contribution in [3.8, 4) is 0 Å². The minimum absolute atomic E-state index is 0.0780. The largest absolute Gasteiger partial charge is 0.357 e. The van der Waals surface area contributed by atoms with Crippen LogP contribution in [0.3, 0.4) is 0 Å². The Hall–Kier alpha value is -2.09. The second-order valence-corrected chi connectivity index (χ2v) is 7.30. The predicted molar refractivity (Wildman–Crippen MR) is 101 cm³/mol. The highest BCUT2D eigenvalue weighted by atomic mass is 35.5. The third kappa shape index (κ3) is 6.04. The number of guanidine groups is 1. The number of benzene rings is 2. The standard InChI is InChI=1S/C17H21ClN4O2S/c1-2-20-17(22-12-14-7-3-4-9-16(14)18)21-11-13-6-5-8-15(10-13)25(19,23)24/h3-10H,2,11-12H2,1H3,(H2,19,23,24)(H2,20,21,22). The van der Waals surface area contributed by atoms with Crippen LogP contribution >= 0.6 is 11.6 Å². The van der Waals surface area contributed by atoms with E-state index in [-0.39, 0.29) is 4.90 Å². The van der Waals surface area contributed by atoms with Gasteiger partial charge in [-0.1, -0.05) is 41.9 Å². The van der Waals surface area contributed by atoms with Crippen LogP contribution in [0.25, 0.3) is 0 Å². The van der Waals surface area contributed by atoms with Gasteiger partial charge in [0.05, 0.1) is 11.4 Å². The van der Waals surface area contributed by atoms with Gasteiger partial charge in [0, 0.05) is 18.1 Å². The molecule has 0 aliphatic carbocycles. The maximum absolute atomic E-state index is 11.4. The molecule has 0 amide bonds. The smallest absolute Gasteiger partial charge is 0.238 e. The molecule has 0 unspecified atom stereocenters. The normalized spacial score (nSPS) is 12.0. The number of nitrogens with one attached hydrogen (secondary N) is 2. The average molecular weight is 381 g/mol. The first-order valence-electron chi connectivity index (χ1n) is 7.77. The number of aliphatic imine (C=N–C) groups is 1. The van der Waals surface area contributed by atoms with Crippen LogP contribution in [-0.2, 0) is 23.1 Å². The highest BCUT2D eigenvalue weighted by molar-refractivity contribution is 7.89. The quantitative estimate of drug-likeness (QED) is 0.529. The molecule has 0 aromatic heterocycles. The monoisotopic (exact) mass is 380 g/mol. The van der Waals surface area contributed by atoms with Gasteiger partial charge in [0.1, 0.15) is 0 Å². The van der Waals surface area contributed by atoms with Gasteiger partial charge < -0.3 is 10.6 Å². The predicted octanol–water partition coefficient (Wildman–Crippen LogP) is 2.24. The van der Waals surface area contributed by atoms with E-state index < -0.39 is 10.0 Å². The lowest BCUT2D eigenvalue weighted by atomic mass is 10.2. The molecule has 2 rings (SSSR count). The zero-order valence-corrected chi connectivity index (χ0v) is 15.4. The van der Waals surface area contributed by atoms with Gasteiger partial charge in [0.2, 0.25) is 10.0 Å². The van der Waals surface area contributed by atoms with E-state index in [9.17, 15) is 8.42 Å². The van der Waals surface area contributed by atoms with Crippen molar-refractivity contribution < 1.29 is 8.42 Å². The Morgan fingerprint density at radius 2 is 1.92 bits per heavy atom. The van der Waals surface area contributed by atoms with Crippen molar-refractivity contribution in [2.75, 3.05) is 6.54 Å². The molecule has 134 valence electrons. The molecule has 0 atom stereocenters. The fraction of sp³-hybridized carbons (Fsp3) is 0.235. The molecule has 8 heteroatoms. The molecular weight excluding hydrogens is 360 g/mol. The maximum Gasteiger partial charge on any atom is 0.238 e. The molecule has 0 aliphatic heterocycles. The van der Waals surface area contributed by atoms with E-state index in [0.29, 0.717) is 30.6 Å². The number of sulfonamides is 1. The van der Waals surface area contributed by atoms with Crippen molar-refractivity contribution in [3.63, 3.8) is 0 Å². The SMILES string of the molecule is CCNC(=NCc1cccc(S(N)(=O)=O)c1)NCc1ccccc1Cl. The van der Waals surface area contributed by atoms with Gasteiger partial charge in [0.25, 0.3) is 0 Å². The van der Waals surface area contributed by atoms with Gasteiger partial charge >= 0.3 is 0 Å². The highest BCUT2D eigenvalue weighted by Gasteiger charge is 2.08. The van der Waals surface area contributed by atoms with E-state index in [2.05, 4.69) is 15.6 Å². The molecule has 0 heterocycles. The molecule has 0 saturated carbocycles. The molecule has 25 heavy (non-hydrogen) atoms. The number of halogens is 1. The second kappa shape index (κ2) is 8.84. The maximum atomic E-state index is 11.4. The van der Waals surface area contributed by atoms with Crippen molar-refractivity contribution in [3.05, 3.63) is 64.7 Å². The van der Waals surface area contributed by atoms with Crippen LogP contribution < -0.4 is 15.8 Å². The van der Waals surface area contributed by atoms with Crippen LogP contribution in [0.15, 0.2) is 58.4 Å². The number of nitrogens with zero attached hydrogens (tertiary/aromatic N) is 1. The van der Waals surface area contributed by atoms with Gasteiger partial charge in [-0.05, 0) is 36.2 Å². The van der Waals surface area contributed by atoms with Crippen molar-refractivity contribution in [2.45, 2.75) is 24.9 Å². The van der Waals surface area contributed by atoms with Crippen LogP contribution in [0, 0.1) is 0 Å². The van der Waals surface area contributed by atoms with Crippen LogP contribution in [0.5, 0.6) is 0 Å². The lowest BCUT2D eigenvalue weighted by molar-refractivity contribution is 0.597. The van der Waals surface area contributed by atoms with Gasteiger partial charge in [-0.25, -0.2) is 18.5 Å². The number of nitrogens with two attached hydrogens (primary N) is 1. The summed E-state index contributed by atoms with van der Waals surface area (Å²) in [7, 11) is -3.72. The summed E-state index contributed by atoms with van der Waals surface area (Å²) in [6.45, 7) is 3.52. The van der Waals surface area contributed by atoms with E-state index in [1.165, 1.54) is 12.1 Å². The summed E-state index contributed by atoms with van der Waals surface area (Å²) in [6.07, 6.45) is 0. The molecule has 2 aromatic rings. The molecule has 4 N–H and O–H groups in total. The minimum Gasteiger partial charge on any atom is -0.357 e. The third-order valence-corrected chi connectivity index (χ3v) is 4.67. The van der Waals surface area contributed by atoms with Gasteiger partial charge in [0.15, 0.2) is 5.96 Å². The van der Waals surface area contributed by atoms with E-state index in [1.54, 1.807) is 12.1 Å². The third-order valence-electron chi connectivity index (χ3n) is 3.40. The number of primary sulfonamides is 1. The van der Waals surface area contributed by atoms with E-state index in [1.807, 2.05) is 31.2 Å². The summed E-state index contributed by atoms with van der Waals surface area (Å²) in [4.78, 5) is 4.55. The lowest BCUT2D eigenvalue weighted by Gasteiger charge is -2.12. The fourth-order valence-electron chi connectivity index (χ4n) is 2.15. The number of hydrogen-bond acceptors (Lipinski definition) is 3. The topological polar surface area (TPSA) is 96.6 Å². The lowest BCUT2D eigenvalue weighted by Crippen LogP contribution is -2.36. The van der Waals surface area contributed by atoms with Gasteiger partial charge in [-0.2, -0.15) is 0 Å². The van der Waals surface area contributed by atoms with Gasteiger partial charge in [-0.15, -0.1) is 0 Å². The Morgan fingerprint density at radius 3 is 2.60 bits per heavy atom. The fourth-order valence-corrected chi connectivity index (χ4v) is 2.94. The van der Waals surface area contributed by atoms with Crippen molar-refractivity contribution in [2.24, 2.45) is 10.1 Å². The highest BCUT2D eigenvalue weighted by Crippen LogP contribution is 2.14. The minimum atomic E-state index is -3.72. The zero-order valence-electron chi connectivity index (χ0n) is 13.9. The second-order valence-electron chi connectivity index (χ2n) is 5.33. The Balaban J connectivity index is 2.08. The van der Waals surface area contributed by atoms with Crippen molar-refractivity contribution in [1.82, 2.24) is 10.6 Å². The van der Waals surface area contributed by atoms with E-state index in [0.717, 1.165) is 11.1 Å². The summed E-state index contributed by atoms with van der Waals surface area (Å²) < 4.78 is 22.8. The summed E-state index contributed by atoms with van der Waals surface area (Å²) in [5, 5.41) is 12.2. The Kier molecular flexibility index (Phi) is 6.81. The molecular formula is C17H21ClN4O2S. The summed E-state index contributed by atoms with van der Waals surface area (Å²) in [5.74, 6) is 0.614. The molecule has 0 fully saturated rings. The first-order chi connectivity index (χ1) is 11.9. The average Bonchev–Trinajstić information content (AvgIpc) is 2.58. The molecule has 0 spiro atoms. The Bertz CT molecular complexity index is 853. The molecule has 6 nitrogen and oxygen atoms in total. The zero-order chi connectivity index (χ0) is 18.3. The molecule has 0 radical (unpaired) electrons. The van der Waals surface area contributed by atoms with Crippen LogP contribution in [0.2, 0.25) is 5.02 Å². The van der Waals surface area contributed by atoms with Crippen LogP contribution in [0.4, 0.5) is 0 Å². The number of hydrogen-bond donors (Lipinski definition) is 3. The van der Waals surface area contributed by atoms with Gasteiger partial charge in [-0.3, -0.25) is 0 Å². The van der Waals surface area contributed by atoms with E-state index >= 15 is 0 Å². The molecule has 0 aliphatic rings. The number of rotatable bonds is 6. The summed E-state index contributed by atoms with van der Waals surface area (Å²) in [6, 6.07) is 14.0. The summed E-state index contributed by atoms with van der Waals surface area (Å²) in [5.41, 5.74) is 1.72. The molecule has 0 bridgehead atoms. The Morgan fingerprint density at radius 1 is 1.16 bits per heavy atom. The first-order valence-corrected chi connectivity index (χ1v) is 9.70. The Labute approximate surface area is 153 Å². The molecule has 2 aromatic carbocycles. The van der Waals surface area contributed by atoms with Crippen LogP contribution in [-0.4, -0.2) is 20.9 Å². The molecule has 0 saturated heterocycles. The van der Waals surface area contributed by atoms with Crippen LogP contribution in [0.1, 0.15) is 18.1 Å².